The summed E-state index contributed by atoms with van der Waals surface area (Å²) in [4.78, 5) is 19.1. The number of hydrogen-bond acceptors (Lipinski definition) is 3. The lowest BCUT2D eigenvalue weighted by Gasteiger charge is -2.32. The highest BCUT2D eigenvalue weighted by Gasteiger charge is 2.21. The lowest BCUT2D eigenvalue weighted by molar-refractivity contribution is 0.182. The van der Waals surface area contributed by atoms with Crippen LogP contribution in [-0.2, 0) is 6.54 Å². The van der Waals surface area contributed by atoms with E-state index in [0.717, 1.165) is 43.9 Å². The highest BCUT2D eigenvalue weighted by atomic mass is 16.2. The Hall–Kier alpha value is -2.40. The second kappa shape index (κ2) is 8.81. The van der Waals surface area contributed by atoms with Crippen molar-refractivity contribution in [3.05, 3.63) is 59.9 Å². The summed E-state index contributed by atoms with van der Waals surface area (Å²) in [6.07, 6.45) is 3.92. The Morgan fingerprint density at radius 3 is 2.73 bits per heavy atom. The van der Waals surface area contributed by atoms with Gasteiger partial charge in [-0.05, 0) is 55.1 Å². The molecule has 1 unspecified atom stereocenters. The summed E-state index contributed by atoms with van der Waals surface area (Å²) in [5.41, 5.74) is 3.17. The number of benzene rings is 1. The van der Waals surface area contributed by atoms with Gasteiger partial charge in [0.1, 0.15) is 0 Å². The molecule has 2 amide bonds. The molecule has 1 aliphatic rings. The van der Waals surface area contributed by atoms with E-state index in [9.17, 15) is 4.79 Å². The minimum absolute atomic E-state index is 0.132. The number of pyridine rings is 1. The molecule has 2 heterocycles. The Morgan fingerprint density at radius 2 is 2.04 bits per heavy atom. The van der Waals surface area contributed by atoms with Gasteiger partial charge in [-0.25, -0.2) is 4.79 Å². The molecule has 0 saturated carbocycles. The third-order valence-corrected chi connectivity index (χ3v) is 4.79. The Bertz CT molecular complexity index is 700. The third kappa shape index (κ3) is 5.30. The number of nitrogens with one attached hydrogen (secondary N) is 2. The van der Waals surface area contributed by atoms with Gasteiger partial charge in [0, 0.05) is 31.0 Å². The van der Waals surface area contributed by atoms with Gasteiger partial charge in [-0.2, -0.15) is 0 Å². The van der Waals surface area contributed by atoms with Crippen LogP contribution in [0.1, 0.15) is 43.9 Å². The maximum absolute atomic E-state index is 12.3. The average Bonchev–Trinajstić information content (AvgIpc) is 2.63. The second-order valence-electron chi connectivity index (χ2n) is 7.27. The van der Waals surface area contributed by atoms with E-state index in [4.69, 9.17) is 0 Å². The molecule has 1 fully saturated rings. The Balaban J connectivity index is 1.49. The van der Waals surface area contributed by atoms with Gasteiger partial charge in [-0.1, -0.05) is 32.0 Å². The monoisotopic (exact) mass is 352 g/mol. The predicted molar refractivity (Wildman–Crippen MR) is 105 cm³/mol. The van der Waals surface area contributed by atoms with Crippen molar-refractivity contribution in [2.24, 2.45) is 0 Å². The van der Waals surface area contributed by atoms with Gasteiger partial charge in [-0.3, -0.25) is 9.88 Å². The number of hydrogen-bond donors (Lipinski definition) is 2. The summed E-state index contributed by atoms with van der Waals surface area (Å²) < 4.78 is 0. The lowest BCUT2D eigenvalue weighted by atomic mass is 10.0. The molecule has 1 aromatic heterocycles. The van der Waals surface area contributed by atoms with Gasteiger partial charge in [0.05, 0.1) is 5.69 Å². The van der Waals surface area contributed by atoms with E-state index in [-0.39, 0.29) is 12.1 Å². The van der Waals surface area contributed by atoms with Crippen molar-refractivity contribution in [1.29, 1.82) is 0 Å². The molecule has 1 atom stereocenters. The first-order valence-electron chi connectivity index (χ1n) is 9.40. The van der Waals surface area contributed by atoms with E-state index in [1.165, 1.54) is 5.56 Å². The topological polar surface area (TPSA) is 57.3 Å². The number of rotatable bonds is 5. The highest BCUT2D eigenvalue weighted by Crippen LogP contribution is 2.17. The zero-order chi connectivity index (χ0) is 18.4. The molecule has 1 aromatic carbocycles. The van der Waals surface area contributed by atoms with Crippen molar-refractivity contribution in [3.8, 4) is 0 Å². The van der Waals surface area contributed by atoms with E-state index in [1.807, 2.05) is 36.5 Å². The van der Waals surface area contributed by atoms with E-state index in [0.29, 0.717) is 5.92 Å². The first-order chi connectivity index (χ1) is 12.6. The van der Waals surface area contributed by atoms with Crippen molar-refractivity contribution in [3.63, 3.8) is 0 Å². The van der Waals surface area contributed by atoms with Gasteiger partial charge in [0.15, 0.2) is 0 Å². The fourth-order valence-electron chi connectivity index (χ4n) is 3.34. The number of carbonyl (C=O) groups is 1. The van der Waals surface area contributed by atoms with Crippen molar-refractivity contribution in [2.45, 2.75) is 45.2 Å². The number of amides is 2. The molecule has 0 spiro atoms. The molecule has 5 heteroatoms. The SMILES string of the molecule is CC(C)c1ccc(NC(=O)NC2CCCN(Cc3ccccn3)C2)cc1. The Kier molecular flexibility index (Phi) is 6.23. The van der Waals surface area contributed by atoms with Crippen LogP contribution in [-0.4, -0.2) is 35.0 Å². The van der Waals surface area contributed by atoms with Crippen molar-refractivity contribution >= 4 is 11.7 Å². The molecule has 0 aliphatic carbocycles. The minimum Gasteiger partial charge on any atom is -0.334 e. The van der Waals surface area contributed by atoms with Crippen LogP contribution in [0.3, 0.4) is 0 Å². The molecule has 0 bridgehead atoms. The van der Waals surface area contributed by atoms with Crippen LogP contribution in [0, 0.1) is 0 Å². The molecular weight excluding hydrogens is 324 g/mol. The van der Waals surface area contributed by atoms with Gasteiger partial charge in [-0.15, -0.1) is 0 Å². The molecule has 2 N–H and O–H groups in total. The van der Waals surface area contributed by atoms with Crippen molar-refractivity contribution < 1.29 is 4.79 Å². The normalized spacial score (nSPS) is 17.9. The van der Waals surface area contributed by atoms with E-state index >= 15 is 0 Å². The smallest absolute Gasteiger partial charge is 0.319 e. The van der Waals surface area contributed by atoms with Crippen LogP contribution < -0.4 is 10.6 Å². The average molecular weight is 352 g/mol. The summed E-state index contributed by atoms with van der Waals surface area (Å²) in [5.74, 6) is 0.491. The van der Waals surface area contributed by atoms with E-state index in [2.05, 4.69) is 46.5 Å². The number of anilines is 1. The van der Waals surface area contributed by atoms with Crippen LogP contribution in [0.25, 0.3) is 0 Å². The standard InChI is InChI=1S/C21H28N4O/c1-16(2)17-8-10-18(11-9-17)23-21(26)24-20-7-5-13-25(15-20)14-19-6-3-4-12-22-19/h3-4,6,8-12,16,20H,5,7,13-15H2,1-2H3,(H2,23,24,26). The third-order valence-electron chi connectivity index (χ3n) is 4.79. The fraction of sp³-hybridized carbons (Fsp3) is 0.429. The molecular formula is C21H28N4O. The summed E-state index contributed by atoms with van der Waals surface area (Å²) in [5, 5.41) is 6.05. The van der Waals surface area contributed by atoms with Crippen LogP contribution in [0.4, 0.5) is 10.5 Å². The molecule has 26 heavy (non-hydrogen) atoms. The number of carbonyl (C=O) groups excluding carboxylic acids is 1. The van der Waals surface area contributed by atoms with Crippen LogP contribution >= 0.6 is 0 Å². The second-order valence-corrected chi connectivity index (χ2v) is 7.27. The van der Waals surface area contributed by atoms with Crippen molar-refractivity contribution in [2.75, 3.05) is 18.4 Å². The van der Waals surface area contributed by atoms with Crippen LogP contribution in [0.5, 0.6) is 0 Å². The van der Waals surface area contributed by atoms with Crippen LogP contribution in [0.2, 0.25) is 0 Å². The quantitative estimate of drug-likeness (QED) is 0.855. The first kappa shape index (κ1) is 18.4. The fourth-order valence-corrected chi connectivity index (χ4v) is 3.34. The summed E-state index contributed by atoms with van der Waals surface area (Å²) >= 11 is 0. The maximum atomic E-state index is 12.3. The molecule has 3 rings (SSSR count). The van der Waals surface area contributed by atoms with Gasteiger partial charge in [0.25, 0.3) is 0 Å². The molecule has 5 nitrogen and oxygen atoms in total. The molecule has 0 radical (unpaired) electrons. The number of likely N-dealkylation sites (tertiary alicyclic amines) is 1. The molecule has 138 valence electrons. The van der Waals surface area contributed by atoms with Gasteiger partial charge < -0.3 is 10.6 Å². The summed E-state index contributed by atoms with van der Waals surface area (Å²) in [6, 6.07) is 14.1. The highest BCUT2D eigenvalue weighted by molar-refractivity contribution is 5.89. The Labute approximate surface area is 155 Å². The predicted octanol–water partition coefficient (Wildman–Crippen LogP) is 3.99. The minimum atomic E-state index is -0.132. The number of piperidine rings is 1. The van der Waals surface area contributed by atoms with E-state index < -0.39 is 0 Å². The molecule has 1 aliphatic heterocycles. The summed E-state index contributed by atoms with van der Waals surface area (Å²) in [7, 11) is 0. The Morgan fingerprint density at radius 1 is 1.23 bits per heavy atom. The van der Waals surface area contributed by atoms with Gasteiger partial charge >= 0.3 is 6.03 Å². The number of nitrogens with zero attached hydrogens (tertiary/aromatic N) is 2. The zero-order valence-corrected chi connectivity index (χ0v) is 15.6. The summed E-state index contributed by atoms with van der Waals surface area (Å²) in [6.45, 7) is 7.06. The molecule has 1 saturated heterocycles. The van der Waals surface area contributed by atoms with Crippen LogP contribution in [0.15, 0.2) is 48.7 Å². The first-order valence-corrected chi connectivity index (χ1v) is 9.40. The zero-order valence-electron chi connectivity index (χ0n) is 15.6. The largest absolute Gasteiger partial charge is 0.334 e. The molecule has 2 aromatic rings. The van der Waals surface area contributed by atoms with Crippen molar-refractivity contribution in [1.82, 2.24) is 15.2 Å². The lowest BCUT2D eigenvalue weighted by Crippen LogP contribution is -2.48. The number of urea groups is 1. The maximum Gasteiger partial charge on any atom is 0.319 e. The van der Waals surface area contributed by atoms with Gasteiger partial charge in [0.2, 0.25) is 0 Å². The number of aromatic nitrogens is 1. The van der Waals surface area contributed by atoms with E-state index in [1.54, 1.807) is 0 Å².